The molecule has 1 aromatic heterocycles. The first-order valence-electron chi connectivity index (χ1n) is 5.56. The molecule has 0 fully saturated rings. The van der Waals surface area contributed by atoms with E-state index in [1.807, 2.05) is 0 Å². The van der Waals surface area contributed by atoms with Gasteiger partial charge >= 0.3 is 7.91 Å². The molecule has 5 heteroatoms. The number of aromatic amines is 2. The Bertz CT molecular complexity index is 347. The van der Waals surface area contributed by atoms with Crippen LogP contribution in [-0.4, -0.2) is 10.2 Å². The van der Waals surface area contributed by atoms with Crippen LogP contribution in [0.1, 0.15) is 45.4 Å². The third-order valence-corrected chi connectivity index (χ3v) is 5.62. The maximum atomic E-state index is 5.19. The summed E-state index contributed by atoms with van der Waals surface area (Å²) in [4.78, 5) is 0. The van der Waals surface area contributed by atoms with Crippen LogP contribution in [0.15, 0.2) is 0 Å². The predicted molar refractivity (Wildman–Crippen MR) is 72.7 cm³/mol. The molecule has 1 heterocycles. The summed E-state index contributed by atoms with van der Waals surface area (Å²) >= 11 is 10.4. The molecule has 0 aliphatic heterocycles. The monoisotopic (exact) mass is 263 g/mol. The lowest BCUT2D eigenvalue weighted by Gasteiger charge is -1.97. The van der Waals surface area contributed by atoms with Crippen molar-refractivity contribution in [1.29, 1.82) is 0 Å². The van der Waals surface area contributed by atoms with Gasteiger partial charge in [-0.25, -0.2) is 0 Å². The van der Waals surface area contributed by atoms with E-state index in [1.165, 1.54) is 38.5 Å². The van der Waals surface area contributed by atoms with Crippen molar-refractivity contribution in [3.8, 4) is 0 Å². The molecule has 0 saturated carbocycles. The van der Waals surface area contributed by atoms with Crippen molar-refractivity contribution in [3.05, 3.63) is 7.91 Å². The number of H-pyrrole nitrogens is 2. The Morgan fingerprint density at radius 2 is 1.47 bits per heavy atom. The van der Waals surface area contributed by atoms with Crippen LogP contribution in [0.5, 0.6) is 0 Å². The molecule has 0 atom stereocenters. The van der Waals surface area contributed by atoms with Gasteiger partial charge in [0.25, 0.3) is 0 Å². The van der Waals surface area contributed by atoms with Gasteiger partial charge in [0, 0.05) is 0 Å². The normalized spacial score (nSPS) is 10.7. The van der Waals surface area contributed by atoms with Crippen molar-refractivity contribution in [2.75, 3.05) is 0 Å². The van der Waals surface area contributed by atoms with E-state index in [2.05, 4.69) is 17.1 Å². The quantitative estimate of drug-likeness (QED) is 0.416. The second-order valence-corrected chi connectivity index (χ2v) is 7.03. The third-order valence-electron chi connectivity index (χ3n) is 2.42. The van der Waals surface area contributed by atoms with Gasteiger partial charge in [-0.15, -0.1) is 0 Å². The molecule has 0 unspecified atom stereocenters. The van der Waals surface area contributed by atoms with E-state index in [9.17, 15) is 0 Å². The third kappa shape index (κ3) is 4.57. The van der Waals surface area contributed by atoms with Crippen LogP contribution in [0.2, 0.25) is 0 Å². The minimum absolute atomic E-state index is 0.0167. The number of nitrogens with one attached hydrogen (secondary N) is 2. The molecule has 2 nitrogen and oxygen atoms in total. The van der Waals surface area contributed by atoms with E-state index in [4.69, 9.17) is 24.4 Å². The van der Waals surface area contributed by atoms with Crippen molar-refractivity contribution in [3.63, 3.8) is 0 Å². The van der Waals surface area contributed by atoms with E-state index in [-0.39, 0.29) is 10.5 Å². The fourth-order valence-electron chi connectivity index (χ4n) is 1.52. The first kappa shape index (κ1) is 13.1. The summed E-state index contributed by atoms with van der Waals surface area (Å²) in [5.74, 6) is 1.13. The van der Waals surface area contributed by atoms with Crippen LogP contribution in [0, 0.1) is 7.91 Å². The standard InChI is InChI=1S/C10H18N2S3/c1-2-3-4-5-6-7-8-15-9(13)11-12-10(15)14/h2-8H2,1H3,(H-,11,12,13,14)/p+1. The second kappa shape index (κ2) is 7.30. The van der Waals surface area contributed by atoms with Gasteiger partial charge in [-0.2, -0.15) is 0 Å². The highest BCUT2D eigenvalue weighted by atomic mass is 32.2. The molecular formula is C10H19N2S3+. The molecule has 15 heavy (non-hydrogen) atoms. The number of hydrogen-bond acceptors (Lipinski definition) is 2. The SMILES string of the molecule is CCCCCCCC[s+]1c(=S)[nH][nH]c1=S. The fraction of sp³-hybridized carbons (Fsp3) is 0.800. The molecule has 0 aliphatic carbocycles. The Morgan fingerprint density at radius 1 is 0.933 bits per heavy atom. The summed E-state index contributed by atoms with van der Waals surface area (Å²) in [7, 11) is 0.0167. The van der Waals surface area contributed by atoms with Crippen LogP contribution in [-0.2, 0) is 5.75 Å². The Hall–Kier alpha value is -0.0000000000000000278. The highest BCUT2D eigenvalue weighted by Crippen LogP contribution is 2.22. The molecule has 0 spiro atoms. The first-order chi connectivity index (χ1) is 7.25. The molecule has 1 aromatic rings. The summed E-state index contributed by atoms with van der Waals surface area (Å²) in [6, 6.07) is 0. The Kier molecular flexibility index (Phi) is 6.36. The number of hydrogen-bond donors (Lipinski definition) is 2. The van der Waals surface area contributed by atoms with Crippen molar-refractivity contribution < 1.29 is 0 Å². The number of unbranched alkanes of at least 4 members (excludes halogenated alkanes) is 5. The van der Waals surface area contributed by atoms with Crippen molar-refractivity contribution in [2.45, 2.75) is 51.2 Å². The molecule has 0 amide bonds. The summed E-state index contributed by atoms with van der Waals surface area (Å²) in [5.41, 5.74) is 0. The van der Waals surface area contributed by atoms with Gasteiger partial charge in [0.2, 0.25) is 0 Å². The molecule has 0 radical (unpaired) electrons. The Labute approximate surface area is 104 Å². The smallest absolute Gasteiger partial charge is 0.254 e. The van der Waals surface area contributed by atoms with Crippen LogP contribution in [0.4, 0.5) is 0 Å². The van der Waals surface area contributed by atoms with Gasteiger partial charge < -0.3 is 0 Å². The van der Waals surface area contributed by atoms with E-state index < -0.39 is 0 Å². The van der Waals surface area contributed by atoms with E-state index in [1.54, 1.807) is 0 Å². The van der Waals surface area contributed by atoms with Crippen LogP contribution >= 0.6 is 34.9 Å². The van der Waals surface area contributed by atoms with Crippen molar-refractivity contribution >= 4 is 34.9 Å². The molecule has 1 rings (SSSR count). The largest absolute Gasteiger partial charge is 0.303 e. The van der Waals surface area contributed by atoms with E-state index in [0.717, 1.165) is 13.7 Å². The molecule has 0 aromatic carbocycles. The fourth-order valence-corrected chi connectivity index (χ4v) is 4.16. The topological polar surface area (TPSA) is 31.6 Å². The minimum Gasteiger partial charge on any atom is -0.254 e. The van der Waals surface area contributed by atoms with Gasteiger partial charge in [-0.3, -0.25) is 10.2 Å². The van der Waals surface area contributed by atoms with Gasteiger partial charge in [0.15, 0.2) is 24.4 Å². The van der Waals surface area contributed by atoms with Gasteiger partial charge in [-0.1, -0.05) is 39.0 Å². The van der Waals surface area contributed by atoms with Crippen molar-refractivity contribution in [2.24, 2.45) is 0 Å². The lowest BCUT2D eigenvalue weighted by Crippen LogP contribution is -1.80. The second-order valence-electron chi connectivity index (χ2n) is 3.69. The molecule has 2 N–H and O–H groups in total. The molecule has 0 saturated heterocycles. The zero-order valence-electron chi connectivity index (χ0n) is 9.17. The summed E-state index contributed by atoms with van der Waals surface area (Å²) in [6.07, 6.45) is 7.96. The summed E-state index contributed by atoms with van der Waals surface area (Å²) < 4.78 is 1.79. The van der Waals surface area contributed by atoms with Crippen molar-refractivity contribution in [1.82, 2.24) is 10.2 Å². The number of aromatic nitrogens is 2. The molecular weight excluding hydrogens is 244 g/mol. The lowest BCUT2D eigenvalue weighted by atomic mass is 10.1. The molecule has 0 bridgehead atoms. The zero-order valence-corrected chi connectivity index (χ0v) is 11.6. The number of rotatable bonds is 7. The maximum absolute atomic E-state index is 5.19. The minimum atomic E-state index is 0.0167. The average Bonchev–Trinajstić information content (AvgIpc) is 2.54. The van der Waals surface area contributed by atoms with Crippen LogP contribution in [0.3, 0.4) is 0 Å². The zero-order chi connectivity index (χ0) is 11.1. The van der Waals surface area contributed by atoms with Crippen LogP contribution in [0.25, 0.3) is 0 Å². The van der Waals surface area contributed by atoms with Crippen LogP contribution < -0.4 is 0 Å². The van der Waals surface area contributed by atoms with E-state index in [0.29, 0.717) is 0 Å². The average molecular weight is 263 g/mol. The predicted octanol–water partition coefficient (Wildman–Crippen LogP) is 4.91. The van der Waals surface area contributed by atoms with Gasteiger partial charge in [-0.05, 0) is 16.9 Å². The molecule has 86 valence electrons. The van der Waals surface area contributed by atoms with E-state index >= 15 is 0 Å². The highest BCUT2D eigenvalue weighted by molar-refractivity contribution is 7.77. The van der Waals surface area contributed by atoms with Gasteiger partial charge in [0.1, 0.15) is 0 Å². The lowest BCUT2D eigenvalue weighted by molar-refractivity contribution is 0.618. The summed E-state index contributed by atoms with van der Waals surface area (Å²) in [6.45, 7) is 2.24. The van der Waals surface area contributed by atoms with Gasteiger partial charge in [0.05, 0.1) is 5.75 Å². The first-order valence-corrected chi connectivity index (χ1v) is 7.77. The Balaban J connectivity index is 2.21. The Morgan fingerprint density at radius 3 is 2.07 bits per heavy atom. The maximum Gasteiger partial charge on any atom is 0.303 e. The highest BCUT2D eigenvalue weighted by Gasteiger charge is 2.06. The molecule has 0 aliphatic rings. The summed E-state index contributed by atoms with van der Waals surface area (Å²) in [5, 5.41) is 5.87.